The molecule has 4 N–H and O–H groups in total. The fourth-order valence-corrected chi connectivity index (χ4v) is 3.13. The third-order valence-corrected chi connectivity index (χ3v) is 4.57. The normalized spacial score (nSPS) is 12.1. The molecular formula is C19H18F6N6O2. The molecule has 1 aromatic carbocycles. The van der Waals surface area contributed by atoms with E-state index >= 15 is 0 Å². The summed E-state index contributed by atoms with van der Waals surface area (Å²) in [7, 11) is 2.65. The van der Waals surface area contributed by atoms with Crippen LogP contribution in [0.25, 0.3) is 22.2 Å². The van der Waals surface area contributed by atoms with E-state index in [0.717, 1.165) is 25.4 Å². The predicted octanol–water partition coefficient (Wildman–Crippen LogP) is 4.47. The summed E-state index contributed by atoms with van der Waals surface area (Å²) in [5.74, 6) is -0.123. The number of aromatic nitrogens is 3. The number of amides is 1. The van der Waals surface area contributed by atoms with E-state index in [1.165, 1.54) is 0 Å². The average molecular weight is 476 g/mol. The number of benzene rings is 1. The molecular weight excluding hydrogens is 458 g/mol. The maximum Gasteiger partial charge on any atom is 0.420 e. The molecule has 14 heteroatoms. The number of aromatic amines is 1. The highest BCUT2D eigenvalue weighted by molar-refractivity contribution is 6.01. The van der Waals surface area contributed by atoms with Crippen LogP contribution in [0.3, 0.4) is 0 Å². The number of anilines is 2. The number of ether oxygens (including phenoxy) is 1. The number of rotatable bonds is 6. The minimum atomic E-state index is -4.95. The van der Waals surface area contributed by atoms with E-state index in [0.29, 0.717) is 19.3 Å². The summed E-state index contributed by atoms with van der Waals surface area (Å²) in [4.78, 5) is 21.4. The SMILES string of the molecule is CNCCNc1ncc(C(F)(F)F)c(-c2c[nH]c3c(C(F)(F)F)c(NC(=O)OC)ccc23)n1. The fourth-order valence-electron chi connectivity index (χ4n) is 3.13. The zero-order chi connectivity index (χ0) is 24.4. The first kappa shape index (κ1) is 24.1. The highest BCUT2D eigenvalue weighted by Gasteiger charge is 2.39. The van der Waals surface area contributed by atoms with Crippen molar-refractivity contribution in [3.05, 3.63) is 35.7 Å². The van der Waals surface area contributed by atoms with E-state index in [2.05, 4.69) is 30.3 Å². The standard InChI is InChI=1S/C19H18F6N6O2/c1-26-5-6-27-16-29-8-11(18(20,21)22)14(31-16)10-7-28-15-9(10)3-4-12(30-17(32)33-2)13(15)19(23,24)25/h3-4,7-8,26,28H,5-6H2,1-2H3,(H,30,32)(H,27,29,31). The molecule has 0 saturated carbocycles. The van der Waals surface area contributed by atoms with Gasteiger partial charge < -0.3 is 20.4 Å². The van der Waals surface area contributed by atoms with Gasteiger partial charge in [0.15, 0.2) is 0 Å². The first-order valence-electron chi connectivity index (χ1n) is 9.36. The van der Waals surface area contributed by atoms with Crippen LogP contribution in [0.15, 0.2) is 24.5 Å². The molecule has 0 radical (unpaired) electrons. The topological polar surface area (TPSA) is 104 Å². The highest BCUT2D eigenvalue weighted by Crippen LogP contribution is 2.44. The first-order valence-corrected chi connectivity index (χ1v) is 9.36. The molecule has 33 heavy (non-hydrogen) atoms. The number of H-pyrrole nitrogens is 1. The number of carbonyl (C=O) groups excluding carboxylic acids is 1. The summed E-state index contributed by atoms with van der Waals surface area (Å²) < 4.78 is 86.7. The van der Waals surface area contributed by atoms with Gasteiger partial charge in [0.2, 0.25) is 5.95 Å². The molecule has 3 rings (SSSR count). The van der Waals surface area contributed by atoms with Gasteiger partial charge >= 0.3 is 18.4 Å². The third-order valence-electron chi connectivity index (χ3n) is 4.57. The maximum absolute atomic E-state index is 13.8. The zero-order valence-electron chi connectivity index (χ0n) is 17.2. The lowest BCUT2D eigenvalue weighted by Gasteiger charge is -2.15. The molecule has 0 unspecified atom stereocenters. The smallest absolute Gasteiger partial charge is 0.420 e. The quantitative estimate of drug-likeness (QED) is 0.309. The van der Waals surface area contributed by atoms with Crippen molar-refractivity contribution < 1.29 is 35.9 Å². The number of hydrogen-bond acceptors (Lipinski definition) is 6. The monoisotopic (exact) mass is 476 g/mol. The molecule has 0 aliphatic carbocycles. The summed E-state index contributed by atoms with van der Waals surface area (Å²) in [6.07, 6.45) is -9.38. The van der Waals surface area contributed by atoms with E-state index < -0.39 is 46.5 Å². The van der Waals surface area contributed by atoms with Gasteiger partial charge in [0, 0.05) is 36.4 Å². The number of likely N-dealkylation sites (N-methyl/N-ethyl adjacent to an activating group) is 1. The highest BCUT2D eigenvalue weighted by atomic mass is 19.4. The molecule has 3 aromatic rings. The minimum Gasteiger partial charge on any atom is -0.453 e. The fraction of sp³-hybridized carbons (Fsp3) is 0.316. The van der Waals surface area contributed by atoms with E-state index in [1.807, 2.05) is 5.32 Å². The lowest BCUT2D eigenvalue weighted by Crippen LogP contribution is -2.19. The Balaban J connectivity index is 2.21. The Hall–Kier alpha value is -3.55. The predicted molar refractivity (Wildman–Crippen MR) is 108 cm³/mol. The van der Waals surface area contributed by atoms with Gasteiger partial charge in [0.1, 0.15) is 11.1 Å². The van der Waals surface area contributed by atoms with Gasteiger partial charge in [-0.25, -0.2) is 14.8 Å². The molecule has 0 spiro atoms. The van der Waals surface area contributed by atoms with Crippen LogP contribution in [0.2, 0.25) is 0 Å². The van der Waals surface area contributed by atoms with Crippen LogP contribution < -0.4 is 16.0 Å². The van der Waals surface area contributed by atoms with Crippen molar-refractivity contribution in [1.82, 2.24) is 20.3 Å². The molecule has 0 aliphatic heterocycles. The van der Waals surface area contributed by atoms with Crippen molar-refractivity contribution >= 4 is 28.6 Å². The second-order valence-electron chi connectivity index (χ2n) is 6.71. The van der Waals surface area contributed by atoms with Crippen molar-refractivity contribution in [3.8, 4) is 11.3 Å². The van der Waals surface area contributed by atoms with Gasteiger partial charge in [-0.2, -0.15) is 26.3 Å². The molecule has 1 amide bonds. The first-order chi connectivity index (χ1) is 15.5. The van der Waals surface area contributed by atoms with E-state index in [1.54, 1.807) is 7.05 Å². The number of nitrogens with zero attached hydrogens (tertiary/aromatic N) is 2. The Morgan fingerprint density at radius 3 is 2.45 bits per heavy atom. The molecule has 0 fully saturated rings. The van der Waals surface area contributed by atoms with Crippen LogP contribution in [0.4, 0.5) is 42.8 Å². The van der Waals surface area contributed by atoms with Gasteiger partial charge in [-0.3, -0.25) is 5.32 Å². The average Bonchev–Trinajstić information content (AvgIpc) is 3.15. The second-order valence-corrected chi connectivity index (χ2v) is 6.71. The van der Waals surface area contributed by atoms with Gasteiger partial charge in [-0.1, -0.05) is 6.07 Å². The molecule has 0 atom stereocenters. The Bertz CT molecular complexity index is 1160. The number of hydrogen-bond donors (Lipinski definition) is 4. The van der Waals surface area contributed by atoms with Crippen molar-refractivity contribution in [3.63, 3.8) is 0 Å². The molecule has 178 valence electrons. The van der Waals surface area contributed by atoms with Gasteiger partial charge in [-0.15, -0.1) is 0 Å². The number of halogens is 6. The summed E-state index contributed by atoms with van der Waals surface area (Å²) >= 11 is 0. The molecule has 0 bridgehead atoms. The number of nitrogens with one attached hydrogen (secondary N) is 4. The van der Waals surface area contributed by atoms with E-state index in [-0.39, 0.29) is 16.9 Å². The Labute approximate surface area is 182 Å². The van der Waals surface area contributed by atoms with Crippen LogP contribution in [0.5, 0.6) is 0 Å². The number of alkyl halides is 6. The third kappa shape index (κ3) is 5.10. The lowest BCUT2D eigenvalue weighted by atomic mass is 10.0. The number of methoxy groups -OCH3 is 1. The van der Waals surface area contributed by atoms with Crippen LogP contribution in [0, 0.1) is 0 Å². The molecule has 0 aliphatic rings. The Morgan fingerprint density at radius 2 is 1.85 bits per heavy atom. The van der Waals surface area contributed by atoms with Crippen LogP contribution in [-0.4, -0.2) is 48.3 Å². The molecule has 2 aromatic heterocycles. The summed E-state index contributed by atoms with van der Waals surface area (Å²) in [6.45, 7) is 0.772. The van der Waals surface area contributed by atoms with Gasteiger partial charge in [0.25, 0.3) is 0 Å². The lowest BCUT2D eigenvalue weighted by molar-refractivity contribution is -0.137. The minimum absolute atomic E-state index is 0.123. The van der Waals surface area contributed by atoms with Crippen molar-refractivity contribution in [2.45, 2.75) is 12.4 Å². The summed E-state index contributed by atoms with van der Waals surface area (Å²) in [6, 6.07) is 2.08. The molecule has 8 nitrogen and oxygen atoms in total. The summed E-state index contributed by atoms with van der Waals surface area (Å²) in [5.41, 5.74) is -4.45. The number of carbonyl (C=O) groups is 1. The van der Waals surface area contributed by atoms with Crippen LogP contribution >= 0.6 is 0 Å². The van der Waals surface area contributed by atoms with E-state index in [9.17, 15) is 31.1 Å². The van der Waals surface area contributed by atoms with Crippen molar-refractivity contribution in [2.24, 2.45) is 0 Å². The Kier molecular flexibility index (Phi) is 6.67. The molecule has 0 saturated heterocycles. The molecule has 2 heterocycles. The van der Waals surface area contributed by atoms with Gasteiger partial charge in [-0.05, 0) is 13.1 Å². The van der Waals surface area contributed by atoms with E-state index in [4.69, 9.17) is 0 Å². The van der Waals surface area contributed by atoms with Gasteiger partial charge in [0.05, 0.1) is 24.0 Å². The zero-order valence-corrected chi connectivity index (χ0v) is 17.2. The van der Waals surface area contributed by atoms with Crippen molar-refractivity contribution in [2.75, 3.05) is 37.9 Å². The van der Waals surface area contributed by atoms with Crippen LogP contribution in [0.1, 0.15) is 11.1 Å². The number of fused-ring (bicyclic) bond motifs is 1. The summed E-state index contributed by atoms with van der Waals surface area (Å²) in [5, 5.41) is 7.36. The van der Waals surface area contributed by atoms with Crippen molar-refractivity contribution in [1.29, 1.82) is 0 Å². The largest absolute Gasteiger partial charge is 0.453 e. The Morgan fingerprint density at radius 1 is 1.12 bits per heavy atom. The van der Waals surface area contributed by atoms with Crippen LogP contribution in [-0.2, 0) is 17.1 Å². The maximum atomic E-state index is 13.8. The second kappa shape index (κ2) is 9.13.